The molecule has 0 radical (unpaired) electrons. The molecule has 1 heterocycles. The largest absolute Gasteiger partial charge is 0.396 e. The summed E-state index contributed by atoms with van der Waals surface area (Å²) in [6, 6.07) is 0.521. The highest BCUT2D eigenvalue weighted by atomic mass is 16.7. The van der Waals surface area contributed by atoms with Crippen LogP contribution < -0.4 is 0 Å². The zero-order chi connectivity index (χ0) is 12.0. The van der Waals surface area contributed by atoms with Gasteiger partial charge in [-0.2, -0.15) is 5.06 Å². The van der Waals surface area contributed by atoms with Crippen molar-refractivity contribution in [3.63, 3.8) is 0 Å². The van der Waals surface area contributed by atoms with E-state index in [1.165, 1.54) is 0 Å². The highest BCUT2D eigenvalue weighted by Crippen LogP contribution is 2.56. The maximum Gasteiger partial charge on any atom is 0.0840 e. The summed E-state index contributed by atoms with van der Waals surface area (Å²) >= 11 is 0. The van der Waals surface area contributed by atoms with E-state index in [1.807, 2.05) is 0 Å². The number of rotatable bonds is 3. The van der Waals surface area contributed by atoms with E-state index in [0.29, 0.717) is 24.0 Å². The first-order chi connectivity index (χ1) is 8.25. The van der Waals surface area contributed by atoms with Crippen molar-refractivity contribution in [2.75, 3.05) is 19.8 Å². The van der Waals surface area contributed by atoms with Crippen LogP contribution in [0.2, 0.25) is 0 Å². The van der Waals surface area contributed by atoms with Gasteiger partial charge in [0.05, 0.1) is 19.3 Å². The van der Waals surface area contributed by atoms with E-state index in [1.54, 1.807) is 0 Å². The molecule has 0 amide bonds. The lowest BCUT2D eigenvalue weighted by molar-refractivity contribution is -0.177. The van der Waals surface area contributed by atoms with E-state index in [9.17, 15) is 10.2 Å². The quantitative estimate of drug-likeness (QED) is 0.767. The topological polar surface area (TPSA) is 52.9 Å². The summed E-state index contributed by atoms with van der Waals surface area (Å²) in [4.78, 5) is 6.00. The molecule has 17 heavy (non-hydrogen) atoms. The molecule has 4 nitrogen and oxygen atoms in total. The summed E-state index contributed by atoms with van der Waals surface area (Å²) in [6.07, 6.45) is 4.50. The molecule has 0 aromatic rings. The number of hydrogen-bond donors (Lipinski definition) is 2. The molecule has 3 aliphatic rings. The Morgan fingerprint density at radius 3 is 2.65 bits per heavy atom. The molecular formula is C13H23NO3. The molecule has 0 aromatic carbocycles. The van der Waals surface area contributed by atoms with Crippen molar-refractivity contribution in [3.8, 4) is 0 Å². The van der Waals surface area contributed by atoms with Crippen LogP contribution in [0.15, 0.2) is 0 Å². The van der Waals surface area contributed by atoms with Gasteiger partial charge in [-0.15, -0.1) is 0 Å². The van der Waals surface area contributed by atoms with Crippen LogP contribution in [0.5, 0.6) is 0 Å². The van der Waals surface area contributed by atoms with Crippen molar-refractivity contribution in [3.05, 3.63) is 0 Å². The first kappa shape index (κ1) is 11.9. The van der Waals surface area contributed by atoms with Crippen LogP contribution in [0.1, 0.15) is 32.6 Å². The Morgan fingerprint density at radius 2 is 2.00 bits per heavy atom. The third-order valence-electron chi connectivity index (χ3n) is 5.41. The van der Waals surface area contributed by atoms with E-state index in [-0.39, 0.29) is 18.6 Å². The lowest BCUT2D eigenvalue weighted by Gasteiger charge is -2.44. The first-order valence-corrected chi connectivity index (χ1v) is 6.91. The number of nitrogens with zero attached hydrogens (tertiary/aromatic N) is 1. The molecule has 4 atom stereocenters. The minimum atomic E-state index is -0.247. The molecule has 2 saturated carbocycles. The third kappa shape index (κ3) is 1.51. The molecule has 1 saturated heterocycles. The molecular weight excluding hydrogens is 218 g/mol. The SMILES string of the molecule is CCN1O[C@H]2CCC(CO)(CO)[C@H]3CC[C@@H]1C23. The fourth-order valence-corrected chi connectivity index (χ4v) is 4.49. The van der Waals surface area contributed by atoms with E-state index < -0.39 is 0 Å². The molecule has 0 spiro atoms. The Balaban J connectivity index is 1.88. The standard InChI is InChI=1S/C13H23NO3/c1-2-14-10-4-3-9-12(10)11(17-14)5-6-13(9,7-15)8-16/h9-12,15-16H,2-8H2,1H3/t9-,10+,11-,12?/m0/s1. The highest BCUT2D eigenvalue weighted by molar-refractivity contribution is 5.07. The van der Waals surface area contributed by atoms with Crippen molar-refractivity contribution in [2.45, 2.75) is 44.8 Å². The van der Waals surface area contributed by atoms with E-state index in [2.05, 4.69) is 12.0 Å². The number of hydrogen-bond acceptors (Lipinski definition) is 4. The summed E-state index contributed by atoms with van der Waals surface area (Å²) in [6.45, 7) is 3.32. The van der Waals surface area contributed by atoms with E-state index in [4.69, 9.17) is 4.84 Å². The van der Waals surface area contributed by atoms with Gasteiger partial charge in [-0.3, -0.25) is 4.84 Å². The monoisotopic (exact) mass is 241 g/mol. The fourth-order valence-electron chi connectivity index (χ4n) is 4.49. The number of hydroxylamine groups is 2. The summed E-state index contributed by atoms with van der Waals surface area (Å²) in [7, 11) is 0. The molecule has 1 unspecified atom stereocenters. The van der Waals surface area contributed by atoms with Gasteiger partial charge in [-0.1, -0.05) is 6.92 Å². The first-order valence-electron chi connectivity index (χ1n) is 6.91. The Bertz CT molecular complexity index is 292. The Morgan fingerprint density at radius 1 is 1.24 bits per heavy atom. The summed E-state index contributed by atoms with van der Waals surface area (Å²) in [5.74, 6) is 0.973. The zero-order valence-corrected chi connectivity index (χ0v) is 10.5. The van der Waals surface area contributed by atoms with Crippen molar-refractivity contribution in [2.24, 2.45) is 17.3 Å². The van der Waals surface area contributed by atoms with Crippen LogP contribution in [-0.2, 0) is 4.84 Å². The summed E-state index contributed by atoms with van der Waals surface area (Å²) in [5.41, 5.74) is -0.247. The summed E-state index contributed by atoms with van der Waals surface area (Å²) < 4.78 is 0. The Kier molecular flexibility index (Phi) is 2.94. The second kappa shape index (κ2) is 4.19. The second-order valence-corrected chi connectivity index (χ2v) is 5.92. The van der Waals surface area contributed by atoms with Crippen molar-refractivity contribution < 1.29 is 15.1 Å². The van der Waals surface area contributed by atoms with Crippen molar-refractivity contribution >= 4 is 0 Å². The third-order valence-corrected chi connectivity index (χ3v) is 5.41. The minimum absolute atomic E-state index is 0.121. The lowest BCUT2D eigenvalue weighted by atomic mass is 9.62. The van der Waals surface area contributed by atoms with Gasteiger partial charge >= 0.3 is 0 Å². The van der Waals surface area contributed by atoms with Crippen LogP contribution in [0.4, 0.5) is 0 Å². The summed E-state index contributed by atoms with van der Waals surface area (Å²) in [5, 5.41) is 21.5. The normalized spacial score (nSPS) is 43.9. The average Bonchev–Trinajstić information content (AvgIpc) is 2.95. The predicted octanol–water partition coefficient (Wildman–Crippen LogP) is 0.782. The smallest absolute Gasteiger partial charge is 0.0840 e. The molecule has 4 heteroatoms. The molecule has 2 N–H and O–H groups in total. The van der Waals surface area contributed by atoms with Gasteiger partial charge in [-0.25, -0.2) is 0 Å². The van der Waals surface area contributed by atoms with Gasteiger partial charge < -0.3 is 10.2 Å². The molecule has 2 aliphatic carbocycles. The molecule has 98 valence electrons. The van der Waals surface area contributed by atoms with Crippen LogP contribution in [0.25, 0.3) is 0 Å². The highest BCUT2D eigenvalue weighted by Gasteiger charge is 2.59. The number of aliphatic hydroxyl groups is 2. The van der Waals surface area contributed by atoms with Crippen LogP contribution in [-0.4, -0.2) is 47.2 Å². The fraction of sp³-hybridized carbons (Fsp3) is 1.00. The molecule has 3 rings (SSSR count). The zero-order valence-electron chi connectivity index (χ0n) is 10.5. The van der Waals surface area contributed by atoms with Gasteiger partial charge in [0.1, 0.15) is 0 Å². The predicted molar refractivity (Wildman–Crippen MR) is 63.1 cm³/mol. The van der Waals surface area contributed by atoms with Gasteiger partial charge in [0, 0.05) is 23.9 Å². The maximum atomic E-state index is 9.69. The van der Waals surface area contributed by atoms with Gasteiger partial charge in [0.25, 0.3) is 0 Å². The van der Waals surface area contributed by atoms with Gasteiger partial charge in [0.15, 0.2) is 0 Å². The van der Waals surface area contributed by atoms with Gasteiger partial charge in [0.2, 0.25) is 0 Å². The Hall–Kier alpha value is -0.160. The molecule has 1 aliphatic heterocycles. The van der Waals surface area contributed by atoms with Crippen LogP contribution >= 0.6 is 0 Å². The Labute approximate surface area is 103 Å². The molecule has 0 bridgehead atoms. The van der Waals surface area contributed by atoms with Crippen LogP contribution in [0.3, 0.4) is 0 Å². The maximum absolute atomic E-state index is 9.69. The van der Waals surface area contributed by atoms with Crippen molar-refractivity contribution in [1.82, 2.24) is 5.06 Å². The van der Waals surface area contributed by atoms with E-state index in [0.717, 1.165) is 32.2 Å². The average molecular weight is 241 g/mol. The lowest BCUT2D eigenvalue weighted by Crippen LogP contribution is -2.47. The second-order valence-electron chi connectivity index (χ2n) is 5.92. The van der Waals surface area contributed by atoms with Crippen LogP contribution in [0, 0.1) is 17.3 Å². The van der Waals surface area contributed by atoms with Gasteiger partial charge in [-0.05, 0) is 31.6 Å². The van der Waals surface area contributed by atoms with E-state index >= 15 is 0 Å². The molecule has 0 aromatic heterocycles. The number of aliphatic hydroxyl groups excluding tert-OH is 2. The molecule has 3 fully saturated rings. The van der Waals surface area contributed by atoms with Crippen molar-refractivity contribution in [1.29, 1.82) is 0 Å². The minimum Gasteiger partial charge on any atom is -0.396 e.